The topological polar surface area (TPSA) is 90.6 Å². The number of anilines is 1. The molecule has 2 heterocycles. The Labute approximate surface area is 132 Å². The summed E-state index contributed by atoms with van der Waals surface area (Å²) in [5.74, 6) is -0.105. The fourth-order valence-electron chi connectivity index (χ4n) is 3.22. The lowest BCUT2D eigenvalue weighted by Gasteiger charge is -2.09. The molecule has 1 aliphatic carbocycles. The summed E-state index contributed by atoms with van der Waals surface area (Å²) in [5, 5.41) is 10.6. The fraction of sp³-hybridized carbons (Fsp3) is 0.235. The van der Waals surface area contributed by atoms with Gasteiger partial charge in [0.25, 0.3) is 5.91 Å². The van der Waals surface area contributed by atoms with E-state index < -0.39 is 0 Å². The van der Waals surface area contributed by atoms with E-state index in [0.29, 0.717) is 23.4 Å². The number of aromatic amines is 2. The zero-order valence-electron chi connectivity index (χ0n) is 12.7. The summed E-state index contributed by atoms with van der Waals surface area (Å²) in [4.78, 5) is 27.7. The third-order valence-electron chi connectivity index (χ3n) is 4.36. The molecule has 116 valence electrons. The number of hydrogen-bond acceptors (Lipinski definition) is 3. The molecule has 0 fully saturated rings. The number of Topliss-reactive ketones (excluding diaryl/α,β-unsaturated/α-hetero) is 1. The molecule has 0 atom stereocenters. The number of fused-ring (bicyclic) bond motifs is 2. The number of benzene rings is 1. The van der Waals surface area contributed by atoms with Crippen LogP contribution in [0.3, 0.4) is 0 Å². The van der Waals surface area contributed by atoms with Crippen molar-refractivity contribution in [2.24, 2.45) is 0 Å². The van der Waals surface area contributed by atoms with Crippen LogP contribution < -0.4 is 5.32 Å². The summed E-state index contributed by atoms with van der Waals surface area (Å²) in [6.07, 6.45) is 3.92. The highest BCUT2D eigenvalue weighted by atomic mass is 16.2. The number of rotatable bonds is 2. The van der Waals surface area contributed by atoms with Gasteiger partial charge in [0.05, 0.1) is 11.7 Å². The van der Waals surface area contributed by atoms with E-state index in [1.807, 2.05) is 25.1 Å². The molecule has 6 heteroatoms. The van der Waals surface area contributed by atoms with Crippen molar-refractivity contribution in [3.63, 3.8) is 0 Å². The van der Waals surface area contributed by atoms with E-state index in [1.165, 1.54) is 0 Å². The zero-order valence-corrected chi connectivity index (χ0v) is 12.7. The first kappa shape index (κ1) is 13.8. The molecule has 0 saturated heterocycles. The average molecular weight is 308 g/mol. The van der Waals surface area contributed by atoms with Crippen LogP contribution in [0.4, 0.5) is 5.69 Å². The van der Waals surface area contributed by atoms with Crippen molar-refractivity contribution in [2.75, 3.05) is 5.32 Å². The van der Waals surface area contributed by atoms with Gasteiger partial charge in [0.1, 0.15) is 5.69 Å². The van der Waals surface area contributed by atoms with Gasteiger partial charge in [-0.25, -0.2) is 0 Å². The number of carbonyl (C=O) groups excluding carboxylic acids is 2. The molecule has 4 rings (SSSR count). The third-order valence-corrected chi connectivity index (χ3v) is 4.36. The van der Waals surface area contributed by atoms with Crippen LogP contribution in [0.15, 0.2) is 24.4 Å². The van der Waals surface area contributed by atoms with Crippen LogP contribution >= 0.6 is 0 Å². The van der Waals surface area contributed by atoms with Gasteiger partial charge >= 0.3 is 0 Å². The van der Waals surface area contributed by atoms with E-state index in [9.17, 15) is 9.59 Å². The Morgan fingerprint density at radius 2 is 2.17 bits per heavy atom. The Bertz CT molecular complexity index is 935. The Morgan fingerprint density at radius 1 is 1.30 bits per heavy atom. The van der Waals surface area contributed by atoms with Gasteiger partial charge in [0.15, 0.2) is 5.78 Å². The molecule has 6 nitrogen and oxygen atoms in total. The van der Waals surface area contributed by atoms with E-state index in [2.05, 4.69) is 20.5 Å². The predicted octanol–water partition coefficient (Wildman–Crippen LogP) is 2.97. The van der Waals surface area contributed by atoms with Gasteiger partial charge in [0, 0.05) is 28.8 Å². The van der Waals surface area contributed by atoms with Crippen LogP contribution in [0.2, 0.25) is 0 Å². The minimum Gasteiger partial charge on any atom is -0.354 e. The number of aryl methyl sites for hydroxylation is 1. The van der Waals surface area contributed by atoms with Crippen molar-refractivity contribution in [3.8, 4) is 0 Å². The summed E-state index contributed by atoms with van der Waals surface area (Å²) in [5.41, 5.74) is 4.41. The molecule has 1 aliphatic rings. The largest absolute Gasteiger partial charge is 0.354 e. The number of nitrogens with one attached hydrogen (secondary N) is 3. The Balaban J connectivity index is 1.65. The Kier molecular flexibility index (Phi) is 3.04. The fourth-order valence-corrected chi connectivity index (χ4v) is 3.22. The Hall–Kier alpha value is -2.89. The number of ketones is 1. The lowest BCUT2D eigenvalue weighted by atomic mass is 9.94. The van der Waals surface area contributed by atoms with Crippen LogP contribution in [0, 0.1) is 6.92 Å². The minimum atomic E-state index is -0.229. The van der Waals surface area contributed by atoms with Crippen molar-refractivity contribution < 1.29 is 9.59 Å². The number of H-pyrrole nitrogens is 2. The SMILES string of the molecule is Cc1c(C(=O)Nc2ccc3[nH]ncc3c2)[nH]c2c1C(=O)CCC2. The molecule has 0 aliphatic heterocycles. The molecule has 0 radical (unpaired) electrons. The van der Waals surface area contributed by atoms with Crippen molar-refractivity contribution in [2.45, 2.75) is 26.2 Å². The van der Waals surface area contributed by atoms with Crippen molar-refractivity contribution in [3.05, 3.63) is 46.9 Å². The predicted molar refractivity (Wildman–Crippen MR) is 86.8 cm³/mol. The molecular weight excluding hydrogens is 292 g/mol. The van der Waals surface area contributed by atoms with Crippen LogP contribution in [0.25, 0.3) is 10.9 Å². The standard InChI is InChI=1S/C17H16N4O2/c1-9-15-13(3-2-4-14(15)22)20-16(9)17(23)19-11-5-6-12-10(7-11)8-18-21-12/h5-8,20H,2-4H2,1H3,(H,18,21)(H,19,23). The third kappa shape index (κ3) is 2.23. The molecule has 0 spiro atoms. The molecule has 2 aromatic heterocycles. The Morgan fingerprint density at radius 3 is 3.00 bits per heavy atom. The first-order valence-corrected chi connectivity index (χ1v) is 7.62. The molecule has 0 bridgehead atoms. The maximum atomic E-state index is 12.6. The van der Waals surface area contributed by atoms with Crippen LogP contribution in [-0.4, -0.2) is 26.9 Å². The van der Waals surface area contributed by atoms with Crippen molar-refractivity contribution in [1.82, 2.24) is 15.2 Å². The lowest BCUT2D eigenvalue weighted by Crippen LogP contribution is -2.13. The monoisotopic (exact) mass is 308 g/mol. The number of hydrogen-bond donors (Lipinski definition) is 3. The number of aromatic nitrogens is 3. The van der Waals surface area contributed by atoms with Gasteiger partial charge in [-0.3, -0.25) is 14.7 Å². The second kappa shape index (κ2) is 5.08. The molecule has 3 N–H and O–H groups in total. The summed E-state index contributed by atoms with van der Waals surface area (Å²) in [6.45, 7) is 1.83. The molecule has 23 heavy (non-hydrogen) atoms. The van der Waals surface area contributed by atoms with E-state index in [0.717, 1.165) is 35.0 Å². The van der Waals surface area contributed by atoms with E-state index in [4.69, 9.17) is 0 Å². The second-order valence-corrected chi connectivity index (χ2v) is 5.88. The molecule has 0 unspecified atom stereocenters. The normalized spacial score (nSPS) is 14.0. The summed E-state index contributed by atoms with van der Waals surface area (Å²) >= 11 is 0. The second-order valence-electron chi connectivity index (χ2n) is 5.88. The molecule has 0 saturated carbocycles. The maximum Gasteiger partial charge on any atom is 0.272 e. The van der Waals surface area contributed by atoms with Crippen molar-refractivity contribution in [1.29, 1.82) is 0 Å². The molecule has 1 aromatic carbocycles. The van der Waals surface area contributed by atoms with Crippen molar-refractivity contribution >= 4 is 28.3 Å². The van der Waals surface area contributed by atoms with Crippen LogP contribution in [0.1, 0.15) is 44.9 Å². The highest BCUT2D eigenvalue weighted by molar-refractivity contribution is 6.08. The number of amides is 1. The molecule has 1 amide bonds. The van der Waals surface area contributed by atoms with Gasteiger partial charge in [-0.15, -0.1) is 0 Å². The summed E-state index contributed by atoms with van der Waals surface area (Å²) < 4.78 is 0. The zero-order chi connectivity index (χ0) is 16.0. The lowest BCUT2D eigenvalue weighted by molar-refractivity contribution is 0.0971. The smallest absolute Gasteiger partial charge is 0.272 e. The molecule has 3 aromatic rings. The number of carbonyl (C=O) groups is 2. The van der Waals surface area contributed by atoms with Gasteiger partial charge in [-0.05, 0) is 43.5 Å². The van der Waals surface area contributed by atoms with E-state index in [1.54, 1.807) is 6.20 Å². The average Bonchev–Trinajstić information content (AvgIpc) is 3.12. The maximum absolute atomic E-state index is 12.6. The van der Waals surface area contributed by atoms with E-state index >= 15 is 0 Å². The van der Waals surface area contributed by atoms with Gasteiger partial charge in [0.2, 0.25) is 0 Å². The van der Waals surface area contributed by atoms with Crippen LogP contribution in [-0.2, 0) is 6.42 Å². The van der Waals surface area contributed by atoms with Gasteiger partial charge in [-0.2, -0.15) is 5.10 Å². The highest BCUT2D eigenvalue weighted by Gasteiger charge is 2.26. The molecular formula is C17H16N4O2. The van der Waals surface area contributed by atoms with Gasteiger partial charge < -0.3 is 10.3 Å². The quantitative estimate of drug-likeness (QED) is 0.679. The first-order chi connectivity index (χ1) is 11.1. The first-order valence-electron chi connectivity index (χ1n) is 7.62. The minimum absolute atomic E-state index is 0.124. The summed E-state index contributed by atoms with van der Waals surface area (Å²) in [6, 6.07) is 5.55. The summed E-state index contributed by atoms with van der Waals surface area (Å²) in [7, 11) is 0. The highest BCUT2D eigenvalue weighted by Crippen LogP contribution is 2.27. The van der Waals surface area contributed by atoms with Gasteiger partial charge in [-0.1, -0.05) is 0 Å². The number of nitrogens with zero attached hydrogens (tertiary/aromatic N) is 1. The van der Waals surface area contributed by atoms with Crippen LogP contribution in [0.5, 0.6) is 0 Å². The van der Waals surface area contributed by atoms with E-state index in [-0.39, 0.29) is 11.7 Å².